The summed E-state index contributed by atoms with van der Waals surface area (Å²) >= 11 is 0. The third-order valence-electron chi connectivity index (χ3n) is 4.63. The molecule has 0 aromatic carbocycles. The van der Waals surface area contributed by atoms with Gasteiger partial charge in [-0.3, -0.25) is 9.69 Å². The summed E-state index contributed by atoms with van der Waals surface area (Å²) < 4.78 is 22.8. The molecule has 0 aromatic heterocycles. The predicted molar refractivity (Wildman–Crippen MR) is 80.5 cm³/mol. The molecule has 0 bridgehead atoms. The van der Waals surface area contributed by atoms with Gasteiger partial charge in [0.2, 0.25) is 5.91 Å². The molecule has 0 radical (unpaired) electrons. The number of likely N-dealkylation sites (tertiary alicyclic amines) is 1. The van der Waals surface area contributed by atoms with Crippen molar-refractivity contribution in [3.05, 3.63) is 11.5 Å². The van der Waals surface area contributed by atoms with E-state index in [0.29, 0.717) is 6.04 Å². The van der Waals surface area contributed by atoms with Crippen LogP contribution >= 0.6 is 0 Å². The molecule has 2 N–H and O–H groups in total. The van der Waals surface area contributed by atoms with Crippen molar-refractivity contribution in [1.82, 2.24) is 15.5 Å². The molecule has 3 heterocycles. The van der Waals surface area contributed by atoms with Crippen LogP contribution in [0.3, 0.4) is 0 Å². The Kier molecular flexibility index (Phi) is 4.33. The van der Waals surface area contributed by atoms with Crippen molar-refractivity contribution in [3.8, 4) is 0 Å². The first-order valence-corrected chi connectivity index (χ1v) is 9.44. The van der Waals surface area contributed by atoms with Crippen LogP contribution in [0.1, 0.15) is 25.7 Å². The number of nitrogens with zero attached hydrogens (tertiary/aromatic N) is 1. The summed E-state index contributed by atoms with van der Waals surface area (Å²) in [7, 11) is -3.12. The second kappa shape index (κ2) is 6.06. The maximum Gasteiger partial charge on any atom is 0.237 e. The number of nitrogens with one attached hydrogen (secondary N) is 2. The highest BCUT2D eigenvalue weighted by atomic mass is 32.2. The number of rotatable bonds is 3. The highest BCUT2D eigenvalue weighted by Crippen LogP contribution is 2.24. The van der Waals surface area contributed by atoms with Crippen LogP contribution in [0.5, 0.6) is 0 Å². The van der Waals surface area contributed by atoms with Crippen LogP contribution in [0, 0.1) is 0 Å². The van der Waals surface area contributed by atoms with E-state index in [-0.39, 0.29) is 23.7 Å². The first-order valence-electron chi connectivity index (χ1n) is 7.73. The lowest BCUT2D eigenvalue weighted by atomic mass is 10.0. The first-order chi connectivity index (χ1) is 10.1. The van der Waals surface area contributed by atoms with Gasteiger partial charge in [-0.05, 0) is 51.4 Å². The van der Waals surface area contributed by atoms with Gasteiger partial charge in [0, 0.05) is 11.4 Å². The summed E-state index contributed by atoms with van der Waals surface area (Å²) in [6, 6.07) is 0.0233. The quantitative estimate of drug-likeness (QED) is 0.743. The van der Waals surface area contributed by atoms with Gasteiger partial charge in [-0.2, -0.15) is 0 Å². The van der Waals surface area contributed by atoms with E-state index in [1.54, 1.807) is 6.08 Å². The van der Waals surface area contributed by atoms with Gasteiger partial charge in [-0.25, -0.2) is 8.42 Å². The molecular weight excluding hydrogens is 290 g/mol. The lowest BCUT2D eigenvalue weighted by Crippen LogP contribution is -2.52. The summed E-state index contributed by atoms with van der Waals surface area (Å²) in [6.07, 6.45) is 5.67. The summed E-state index contributed by atoms with van der Waals surface area (Å²) in [4.78, 5) is 14.8. The number of carbonyl (C=O) groups is 1. The monoisotopic (exact) mass is 313 g/mol. The van der Waals surface area contributed by atoms with Crippen molar-refractivity contribution in [2.75, 3.05) is 25.4 Å². The second-order valence-electron chi connectivity index (χ2n) is 6.15. The largest absolute Gasteiger partial charge is 0.347 e. The molecule has 3 aliphatic heterocycles. The minimum Gasteiger partial charge on any atom is -0.347 e. The number of piperidine rings is 1. The normalized spacial score (nSPS) is 33.3. The average Bonchev–Trinajstić information content (AvgIpc) is 3.06. The maximum absolute atomic E-state index is 12.5. The molecule has 1 amide bonds. The lowest BCUT2D eigenvalue weighted by molar-refractivity contribution is -0.126. The number of amides is 1. The standard InChI is InChI=1S/C14H23N3O3S/c18-14(16-11-5-9-21(19,20)10-11)13-2-1-8-17(13)12-3-6-15-7-4-12/h5,9,11-13,15H,1-4,6-8,10H2,(H,16,18). The minimum atomic E-state index is -3.12. The Balaban J connectivity index is 1.59. The van der Waals surface area contributed by atoms with Crippen molar-refractivity contribution < 1.29 is 13.2 Å². The number of sulfone groups is 1. The molecule has 3 rings (SSSR count). The smallest absolute Gasteiger partial charge is 0.237 e. The summed E-state index contributed by atoms with van der Waals surface area (Å²) in [6.45, 7) is 3.00. The zero-order chi connectivity index (χ0) is 14.9. The van der Waals surface area contributed by atoms with E-state index in [1.165, 1.54) is 5.41 Å². The molecule has 0 aliphatic carbocycles. The van der Waals surface area contributed by atoms with E-state index in [0.717, 1.165) is 45.3 Å². The summed E-state index contributed by atoms with van der Waals surface area (Å²) in [5, 5.41) is 7.44. The van der Waals surface area contributed by atoms with Gasteiger partial charge >= 0.3 is 0 Å². The van der Waals surface area contributed by atoms with E-state index < -0.39 is 9.84 Å². The fourth-order valence-electron chi connectivity index (χ4n) is 3.59. The Morgan fingerprint density at radius 1 is 1.24 bits per heavy atom. The van der Waals surface area contributed by atoms with Crippen molar-refractivity contribution in [1.29, 1.82) is 0 Å². The number of hydrogen-bond donors (Lipinski definition) is 2. The highest BCUT2D eigenvalue weighted by Gasteiger charge is 2.36. The summed E-state index contributed by atoms with van der Waals surface area (Å²) in [5.41, 5.74) is 0. The van der Waals surface area contributed by atoms with Gasteiger partial charge in [0.15, 0.2) is 9.84 Å². The molecule has 6 nitrogen and oxygen atoms in total. The third kappa shape index (κ3) is 3.46. The Hall–Kier alpha value is -0.920. The number of hydrogen-bond acceptors (Lipinski definition) is 5. The zero-order valence-electron chi connectivity index (χ0n) is 12.1. The molecule has 21 heavy (non-hydrogen) atoms. The fourth-order valence-corrected chi connectivity index (χ4v) is 4.83. The number of carbonyl (C=O) groups excluding carboxylic acids is 1. The van der Waals surface area contributed by atoms with Gasteiger partial charge in [-0.15, -0.1) is 0 Å². The van der Waals surface area contributed by atoms with Gasteiger partial charge in [-0.1, -0.05) is 0 Å². The molecule has 0 aromatic rings. The molecule has 118 valence electrons. The molecule has 7 heteroatoms. The molecule has 0 spiro atoms. The average molecular weight is 313 g/mol. The van der Waals surface area contributed by atoms with Crippen LogP contribution in [-0.4, -0.2) is 62.7 Å². The molecular formula is C14H23N3O3S. The Morgan fingerprint density at radius 2 is 2.00 bits per heavy atom. The molecule has 2 fully saturated rings. The maximum atomic E-state index is 12.5. The Labute approximate surface area is 125 Å². The van der Waals surface area contributed by atoms with Crippen LogP contribution in [-0.2, 0) is 14.6 Å². The van der Waals surface area contributed by atoms with E-state index >= 15 is 0 Å². The van der Waals surface area contributed by atoms with Gasteiger partial charge in [0.1, 0.15) is 0 Å². The zero-order valence-corrected chi connectivity index (χ0v) is 12.9. The lowest BCUT2D eigenvalue weighted by Gasteiger charge is -2.35. The third-order valence-corrected chi connectivity index (χ3v) is 6.03. The topological polar surface area (TPSA) is 78.5 Å². The van der Waals surface area contributed by atoms with Crippen molar-refractivity contribution >= 4 is 15.7 Å². The van der Waals surface area contributed by atoms with Gasteiger partial charge in [0.05, 0.1) is 17.8 Å². The van der Waals surface area contributed by atoms with E-state index in [4.69, 9.17) is 0 Å². The minimum absolute atomic E-state index is 0.00118. The molecule has 0 saturated carbocycles. The van der Waals surface area contributed by atoms with Gasteiger partial charge in [0.25, 0.3) is 0 Å². The van der Waals surface area contributed by atoms with Crippen LogP contribution in [0.4, 0.5) is 0 Å². The highest BCUT2D eigenvalue weighted by molar-refractivity contribution is 7.94. The predicted octanol–water partition coefficient (Wildman–Crippen LogP) is -0.370. The van der Waals surface area contributed by atoms with Crippen LogP contribution in [0.2, 0.25) is 0 Å². The SMILES string of the molecule is O=C(NC1C=CS(=O)(=O)C1)C1CCCN1C1CCNCC1. The second-order valence-corrected chi connectivity index (χ2v) is 8.08. The molecule has 2 saturated heterocycles. The van der Waals surface area contributed by atoms with Crippen molar-refractivity contribution in [2.24, 2.45) is 0 Å². The van der Waals surface area contributed by atoms with Crippen LogP contribution in [0.25, 0.3) is 0 Å². The van der Waals surface area contributed by atoms with E-state index in [2.05, 4.69) is 15.5 Å². The molecule has 2 unspecified atom stereocenters. The molecule has 3 aliphatic rings. The molecule has 2 atom stereocenters. The van der Waals surface area contributed by atoms with Crippen molar-refractivity contribution in [3.63, 3.8) is 0 Å². The Morgan fingerprint density at radius 3 is 2.67 bits per heavy atom. The fraction of sp³-hybridized carbons (Fsp3) is 0.786. The van der Waals surface area contributed by atoms with Crippen LogP contribution in [0.15, 0.2) is 11.5 Å². The van der Waals surface area contributed by atoms with E-state index in [9.17, 15) is 13.2 Å². The van der Waals surface area contributed by atoms with Crippen LogP contribution < -0.4 is 10.6 Å². The Bertz CT molecular complexity index is 526. The van der Waals surface area contributed by atoms with Crippen molar-refractivity contribution in [2.45, 2.75) is 43.8 Å². The van der Waals surface area contributed by atoms with Gasteiger partial charge < -0.3 is 10.6 Å². The first kappa shape index (κ1) is 15.0. The summed E-state index contributed by atoms with van der Waals surface area (Å²) in [5.74, 6) is -0.0171. The van der Waals surface area contributed by atoms with E-state index in [1.807, 2.05) is 0 Å².